The number of anilines is 1. The van der Waals surface area contributed by atoms with Gasteiger partial charge in [-0.3, -0.25) is 14.2 Å². The van der Waals surface area contributed by atoms with Gasteiger partial charge in [-0.05, 0) is 35.7 Å². The highest BCUT2D eigenvalue weighted by molar-refractivity contribution is 7.17. The number of ether oxygens (including phenoxy) is 3. The zero-order valence-electron chi connectivity index (χ0n) is 16.9. The van der Waals surface area contributed by atoms with Crippen LogP contribution in [0.2, 0.25) is 0 Å². The highest BCUT2D eigenvalue weighted by Gasteiger charge is 2.20. The fraction of sp³-hybridized carbons (Fsp3) is 0.136. The van der Waals surface area contributed by atoms with Gasteiger partial charge in [-0.2, -0.15) is 0 Å². The first-order chi connectivity index (χ1) is 15.6. The van der Waals surface area contributed by atoms with Crippen LogP contribution < -0.4 is 30.8 Å². The van der Waals surface area contributed by atoms with Crippen molar-refractivity contribution in [2.45, 2.75) is 6.54 Å². The second-order valence-corrected chi connectivity index (χ2v) is 7.85. The maximum absolute atomic E-state index is 13.4. The fourth-order valence-electron chi connectivity index (χ4n) is 3.59. The SMILES string of the molecule is COc1ccccc1-n1c(=O)c2sccc2n(CC(=O)Nc2ccc3c(c2)OCO3)c1=O. The summed E-state index contributed by atoms with van der Waals surface area (Å²) in [6, 6.07) is 13.4. The zero-order chi connectivity index (χ0) is 22.2. The van der Waals surface area contributed by atoms with Gasteiger partial charge in [0.1, 0.15) is 17.0 Å². The van der Waals surface area contributed by atoms with Gasteiger partial charge in [0, 0.05) is 11.8 Å². The number of hydrogen-bond acceptors (Lipinski definition) is 7. The number of benzene rings is 2. The third-order valence-electron chi connectivity index (χ3n) is 5.04. The number of carbonyl (C=O) groups excluding carboxylic acids is 1. The molecule has 0 fully saturated rings. The smallest absolute Gasteiger partial charge is 0.336 e. The molecular formula is C22H17N3O6S. The van der Waals surface area contributed by atoms with Gasteiger partial charge in [0.15, 0.2) is 11.5 Å². The highest BCUT2D eigenvalue weighted by atomic mass is 32.1. The summed E-state index contributed by atoms with van der Waals surface area (Å²) in [5, 5.41) is 4.47. The molecule has 0 saturated carbocycles. The standard InChI is InChI=1S/C22H17N3O6S/c1-29-16-5-3-2-4-14(16)25-21(27)20-15(8-9-32-20)24(22(25)28)11-19(26)23-13-6-7-17-18(10-13)31-12-30-17/h2-10H,11-12H2,1H3,(H,23,26). The van der Waals surface area contributed by atoms with Crippen LogP contribution in [-0.2, 0) is 11.3 Å². The second-order valence-electron chi connectivity index (χ2n) is 6.93. The molecule has 0 radical (unpaired) electrons. The summed E-state index contributed by atoms with van der Waals surface area (Å²) in [6.07, 6.45) is 0. The largest absolute Gasteiger partial charge is 0.495 e. The van der Waals surface area contributed by atoms with Crippen molar-refractivity contribution >= 4 is 33.1 Å². The molecule has 1 aliphatic heterocycles. The maximum Gasteiger partial charge on any atom is 0.336 e. The van der Waals surface area contributed by atoms with Crippen molar-refractivity contribution in [1.29, 1.82) is 0 Å². The Morgan fingerprint density at radius 2 is 1.94 bits per heavy atom. The molecule has 0 spiro atoms. The van der Waals surface area contributed by atoms with Crippen LogP contribution in [0.3, 0.4) is 0 Å². The van der Waals surface area contributed by atoms with E-state index in [9.17, 15) is 14.4 Å². The Labute approximate surface area is 185 Å². The minimum Gasteiger partial charge on any atom is -0.495 e. The molecule has 0 atom stereocenters. The molecule has 2 aromatic carbocycles. The molecule has 5 rings (SSSR count). The first-order valence-corrected chi connectivity index (χ1v) is 10.5. The summed E-state index contributed by atoms with van der Waals surface area (Å²) in [4.78, 5) is 39.3. The summed E-state index contributed by atoms with van der Waals surface area (Å²) in [6.45, 7) is -0.154. The number of rotatable bonds is 5. The number of methoxy groups -OCH3 is 1. The molecule has 1 amide bonds. The predicted molar refractivity (Wildman–Crippen MR) is 119 cm³/mol. The average molecular weight is 451 g/mol. The number of aromatic nitrogens is 2. The summed E-state index contributed by atoms with van der Waals surface area (Å²) in [5.74, 6) is 1.08. The number of hydrogen-bond donors (Lipinski definition) is 1. The van der Waals surface area contributed by atoms with E-state index in [0.717, 1.165) is 4.57 Å². The Morgan fingerprint density at radius 1 is 1.12 bits per heavy atom. The first kappa shape index (κ1) is 19.9. The number of thiophene rings is 1. The van der Waals surface area contributed by atoms with Crippen LogP contribution in [0.5, 0.6) is 17.2 Å². The minimum absolute atomic E-state index is 0.128. The van der Waals surface area contributed by atoms with Crippen LogP contribution >= 0.6 is 11.3 Å². The van der Waals surface area contributed by atoms with E-state index >= 15 is 0 Å². The monoisotopic (exact) mass is 451 g/mol. The Morgan fingerprint density at radius 3 is 2.78 bits per heavy atom. The van der Waals surface area contributed by atoms with Gasteiger partial charge in [-0.1, -0.05) is 12.1 Å². The van der Waals surface area contributed by atoms with Crippen LogP contribution in [0, 0.1) is 0 Å². The molecule has 2 aromatic heterocycles. The molecule has 162 valence electrons. The molecule has 0 unspecified atom stereocenters. The number of fused-ring (bicyclic) bond motifs is 2. The average Bonchev–Trinajstić information content (AvgIpc) is 3.46. The number of nitrogens with one attached hydrogen (secondary N) is 1. The fourth-order valence-corrected chi connectivity index (χ4v) is 4.41. The minimum atomic E-state index is -0.633. The van der Waals surface area contributed by atoms with Crippen molar-refractivity contribution in [1.82, 2.24) is 9.13 Å². The third kappa shape index (κ3) is 3.30. The molecule has 9 nitrogen and oxygen atoms in total. The van der Waals surface area contributed by atoms with Crippen LogP contribution in [0.15, 0.2) is 63.5 Å². The summed E-state index contributed by atoms with van der Waals surface area (Å²) in [5.41, 5.74) is 0.122. The molecule has 0 aliphatic carbocycles. The van der Waals surface area contributed by atoms with Crippen molar-refractivity contribution in [3.8, 4) is 22.9 Å². The van der Waals surface area contributed by atoms with Gasteiger partial charge in [0.05, 0.1) is 18.3 Å². The van der Waals surface area contributed by atoms with E-state index in [-0.39, 0.29) is 13.3 Å². The quantitative estimate of drug-likeness (QED) is 0.501. The van der Waals surface area contributed by atoms with E-state index in [1.165, 1.54) is 23.0 Å². The van der Waals surface area contributed by atoms with Crippen LogP contribution in [0.25, 0.3) is 15.9 Å². The Kier molecular flexibility index (Phi) is 4.91. The number of nitrogens with zero attached hydrogens (tertiary/aromatic N) is 2. The van der Waals surface area contributed by atoms with Gasteiger partial charge in [-0.15, -0.1) is 11.3 Å². The lowest BCUT2D eigenvalue weighted by Crippen LogP contribution is -2.40. The molecule has 32 heavy (non-hydrogen) atoms. The van der Waals surface area contributed by atoms with E-state index in [4.69, 9.17) is 14.2 Å². The lowest BCUT2D eigenvalue weighted by atomic mass is 10.2. The van der Waals surface area contributed by atoms with Crippen molar-refractivity contribution in [3.05, 3.63) is 74.7 Å². The van der Waals surface area contributed by atoms with Crippen molar-refractivity contribution < 1.29 is 19.0 Å². The maximum atomic E-state index is 13.4. The van der Waals surface area contributed by atoms with Gasteiger partial charge in [0.2, 0.25) is 12.7 Å². The summed E-state index contributed by atoms with van der Waals surface area (Å²) in [7, 11) is 1.46. The lowest BCUT2D eigenvalue weighted by Gasteiger charge is -2.14. The van der Waals surface area contributed by atoms with E-state index in [1.54, 1.807) is 53.9 Å². The second kappa shape index (κ2) is 7.89. The van der Waals surface area contributed by atoms with Crippen molar-refractivity contribution in [2.75, 3.05) is 19.2 Å². The molecule has 0 saturated heterocycles. The number of amides is 1. The molecule has 10 heteroatoms. The molecule has 4 aromatic rings. The summed E-state index contributed by atoms with van der Waals surface area (Å²) >= 11 is 1.21. The highest BCUT2D eigenvalue weighted by Crippen LogP contribution is 2.34. The van der Waals surface area contributed by atoms with E-state index < -0.39 is 17.2 Å². The topological polar surface area (TPSA) is 101 Å². The summed E-state index contributed by atoms with van der Waals surface area (Å²) < 4.78 is 18.6. The third-order valence-corrected chi connectivity index (χ3v) is 5.93. The molecule has 1 aliphatic rings. The van der Waals surface area contributed by atoms with Gasteiger partial charge < -0.3 is 19.5 Å². The Balaban J connectivity index is 1.55. The van der Waals surface area contributed by atoms with Crippen molar-refractivity contribution in [3.63, 3.8) is 0 Å². The van der Waals surface area contributed by atoms with Gasteiger partial charge in [-0.25, -0.2) is 9.36 Å². The lowest BCUT2D eigenvalue weighted by molar-refractivity contribution is -0.116. The Bertz CT molecular complexity index is 1470. The first-order valence-electron chi connectivity index (χ1n) is 9.63. The predicted octanol–water partition coefficient (Wildman–Crippen LogP) is 2.59. The van der Waals surface area contributed by atoms with Gasteiger partial charge >= 0.3 is 5.69 Å². The molecule has 0 bridgehead atoms. The van der Waals surface area contributed by atoms with Crippen LogP contribution in [0.1, 0.15) is 0 Å². The number of para-hydroxylation sites is 2. The van der Waals surface area contributed by atoms with Gasteiger partial charge in [0.25, 0.3) is 5.56 Å². The van der Waals surface area contributed by atoms with E-state index in [1.807, 2.05) is 0 Å². The molecule has 3 heterocycles. The normalized spacial score (nSPS) is 12.2. The van der Waals surface area contributed by atoms with Crippen LogP contribution in [-0.4, -0.2) is 28.9 Å². The van der Waals surface area contributed by atoms with E-state index in [0.29, 0.717) is 38.8 Å². The Hall–Kier alpha value is -4.05. The van der Waals surface area contributed by atoms with Crippen LogP contribution in [0.4, 0.5) is 5.69 Å². The number of carbonyl (C=O) groups is 1. The van der Waals surface area contributed by atoms with Crippen molar-refractivity contribution in [2.24, 2.45) is 0 Å². The van der Waals surface area contributed by atoms with E-state index in [2.05, 4.69) is 5.32 Å². The zero-order valence-corrected chi connectivity index (χ0v) is 17.7. The molecule has 1 N–H and O–H groups in total. The molecular weight excluding hydrogens is 434 g/mol.